The quantitative estimate of drug-likeness (QED) is 0.781. The molecule has 1 amide bonds. The third kappa shape index (κ3) is 2.59. The van der Waals surface area contributed by atoms with E-state index in [1.807, 2.05) is 6.07 Å². The molecule has 25 heavy (non-hydrogen) atoms. The highest BCUT2D eigenvalue weighted by Crippen LogP contribution is 2.25. The molecular formula is C19H16FN3O2. The summed E-state index contributed by atoms with van der Waals surface area (Å²) in [6, 6.07) is 12.1. The number of carbonyl (C=O) groups is 1. The topological polar surface area (TPSA) is 64.0 Å². The number of halogens is 1. The van der Waals surface area contributed by atoms with Gasteiger partial charge in [-0.25, -0.2) is 9.37 Å². The van der Waals surface area contributed by atoms with Gasteiger partial charge in [0.15, 0.2) is 0 Å². The molecule has 1 N–H and O–H groups in total. The van der Waals surface area contributed by atoms with Crippen LogP contribution in [0.1, 0.15) is 30.4 Å². The number of benzene rings is 2. The molecule has 1 aliphatic rings. The van der Waals surface area contributed by atoms with Crippen LogP contribution in [0.4, 0.5) is 4.39 Å². The van der Waals surface area contributed by atoms with Crippen molar-refractivity contribution in [3.63, 3.8) is 0 Å². The lowest BCUT2D eigenvalue weighted by molar-refractivity contribution is -0.126. The van der Waals surface area contributed by atoms with Crippen molar-refractivity contribution in [3.05, 3.63) is 76.1 Å². The monoisotopic (exact) mass is 337 g/mol. The molecule has 3 aromatic rings. The minimum absolute atomic E-state index is 0.216. The van der Waals surface area contributed by atoms with E-state index in [0.29, 0.717) is 23.1 Å². The third-order valence-corrected chi connectivity index (χ3v) is 4.58. The van der Waals surface area contributed by atoms with Crippen LogP contribution in [-0.4, -0.2) is 15.5 Å². The van der Waals surface area contributed by atoms with E-state index in [1.165, 1.54) is 16.7 Å². The number of rotatable bonds is 2. The molecule has 0 spiro atoms. The van der Waals surface area contributed by atoms with Crippen molar-refractivity contribution in [2.75, 3.05) is 0 Å². The molecule has 0 saturated heterocycles. The van der Waals surface area contributed by atoms with Crippen LogP contribution >= 0.6 is 0 Å². The summed E-state index contributed by atoms with van der Waals surface area (Å²) in [5.41, 5.74) is 1.24. The fourth-order valence-electron chi connectivity index (χ4n) is 3.26. The van der Waals surface area contributed by atoms with Crippen LogP contribution in [0.15, 0.2) is 53.3 Å². The second kappa shape index (κ2) is 5.81. The van der Waals surface area contributed by atoms with Crippen molar-refractivity contribution in [2.24, 2.45) is 0 Å². The highest BCUT2D eigenvalue weighted by molar-refractivity contribution is 5.83. The van der Waals surface area contributed by atoms with Crippen LogP contribution in [0.5, 0.6) is 0 Å². The molecule has 2 heterocycles. The number of carbonyl (C=O) groups excluding carboxylic acids is 1. The van der Waals surface area contributed by atoms with Gasteiger partial charge in [0.1, 0.15) is 17.7 Å². The molecule has 4 rings (SSSR count). The van der Waals surface area contributed by atoms with Crippen LogP contribution in [0.25, 0.3) is 10.9 Å². The van der Waals surface area contributed by atoms with Gasteiger partial charge in [-0.2, -0.15) is 0 Å². The van der Waals surface area contributed by atoms with E-state index in [-0.39, 0.29) is 17.3 Å². The van der Waals surface area contributed by atoms with Gasteiger partial charge in [0.05, 0.1) is 16.9 Å². The molecule has 2 atom stereocenters. The molecule has 1 aliphatic heterocycles. The molecule has 0 radical (unpaired) electrons. The van der Waals surface area contributed by atoms with E-state index in [2.05, 4.69) is 10.3 Å². The Bertz CT molecular complexity index is 1030. The minimum atomic E-state index is -0.621. The third-order valence-electron chi connectivity index (χ3n) is 4.58. The van der Waals surface area contributed by atoms with Gasteiger partial charge in [-0.15, -0.1) is 0 Å². The SMILES string of the molecule is C[C@H]1C(=O)N[C@H](Cc2ccc(F)cc2)c2nc3ccccc3c(=O)n21. The average molecular weight is 337 g/mol. The van der Waals surface area contributed by atoms with Crippen LogP contribution in [0, 0.1) is 5.82 Å². The van der Waals surface area contributed by atoms with Gasteiger partial charge in [0.25, 0.3) is 5.56 Å². The maximum Gasteiger partial charge on any atom is 0.262 e. The van der Waals surface area contributed by atoms with Gasteiger partial charge in [-0.1, -0.05) is 24.3 Å². The second-order valence-corrected chi connectivity index (χ2v) is 6.23. The van der Waals surface area contributed by atoms with E-state index >= 15 is 0 Å². The Kier molecular flexibility index (Phi) is 3.60. The maximum atomic E-state index is 13.1. The van der Waals surface area contributed by atoms with Crippen LogP contribution in [0.3, 0.4) is 0 Å². The largest absolute Gasteiger partial charge is 0.344 e. The lowest BCUT2D eigenvalue weighted by Gasteiger charge is -2.31. The Hall–Kier alpha value is -3.02. The Balaban J connectivity index is 1.86. The molecule has 126 valence electrons. The summed E-state index contributed by atoms with van der Waals surface area (Å²) < 4.78 is 14.6. The second-order valence-electron chi connectivity index (χ2n) is 6.23. The van der Waals surface area contributed by atoms with Gasteiger partial charge >= 0.3 is 0 Å². The molecule has 0 aliphatic carbocycles. The van der Waals surface area contributed by atoms with E-state index in [1.54, 1.807) is 37.3 Å². The predicted octanol–water partition coefficient (Wildman–Crippen LogP) is 2.51. The van der Waals surface area contributed by atoms with E-state index in [0.717, 1.165) is 5.56 Å². The normalized spacial score (nSPS) is 19.5. The number of amides is 1. The first-order chi connectivity index (χ1) is 12.0. The molecule has 0 saturated carbocycles. The summed E-state index contributed by atoms with van der Waals surface area (Å²) in [4.78, 5) is 29.8. The van der Waals surface area contributed by atoms with Gasteiger partial charge in [0.2, 0.25) is 5.91 Å². The van der Waals surface area contributed by atoms with Gasteiger partial charge in [-0.3, -0.25) is 14.2 Å². The van der Waals surface area contributed by atoms with Crippen molar-refractivity contribution in [3.8, 4) is 0 Å². The Labute approximate surface area is 143 Å². The lowest BCUT2D eigenvalue weighted by Crippen LogP contribution is -2.47. The molecular weight excluding hydrogens is 321 g/mol. The minimum Gasteiger partial charge on any atom is -0.344 e. The van der Waals surface area contributed by atoms with E-state index in [4.69, 9.17) is 0 Å². The summed E-state index contributed by atoms with van der Waals surface area (Å²) in [5.74, 6) is -0.00953. The van der Waals surface area contributed by atoms with Crippen LogP contribution < -0.4 is 10.9 Å². The van der Waals surface area contributed by atoms with Crippen LogP contribution in [-0.2, 0) is 11.2 Å². The number of aromatic nitrogens is 2. The first kappa shape index (κ1) is 15.5. The Morgan fingerprint density at radius 3 is 2.60 bits per heavy atom. The highest BCUT2D eigenvalue weighted by atomic mass is 19.1. The molecule has 1 aromatic heterocycles. The van der Waals surface area contributed by atoms with Crippen molar-refractivity contribution < 1.29 is 9.18 Å². The van der Waals surface area contributed by atoms with Gasteiger partial charge < -0.3 is 5.32 Å². The van der Waals surface area contributed by atoms with E-state index in [9.17, 15) is 14.0 Å². The first-order valence-electron chi connectivity index (χ1n) is 8.10. The highest BCUT2D eigenvalue weighted by Gasteiger charge is 2.33. The summed E-state index contributed by atoms with van der Waals surface area (Å²) in [7, 11) is 0. The van der Waals surface area contributed by atoms with E-state index < -0.39 is 12.1 Å². The average Bonchev–Trinajstić information content (AvgIpc) is 2.61. The first-order valence-corrected chi connectivity index (χ1v) is 8.10. The number of hydrogen-bond acceptors (Lipinski definition) is 3. The van der Waals surface area contributed by atoms with Crippen molar-refractivity contribution in [1.82, 2.24) is 14.9 Å². The standard InChI is InChI=1S/C19H16FN3O2/c1-11-18(24)22-16(10-12-6-8-13(20)9-7-12)17-21-15-5-3-2-4-14(15)19(25)23(11)17/h2-9,11,16H,10H2,1H3,(H,22,24)/t11-,16+/m0/s1. The number of nitrogens with one attached hydrogen (secondary N) is 1. The summed E-state index contributed by atoms with van der Waals surface area (Å²) in [6.45, 7) is 1.69. The molecule has 6 heteroatoms. The maximum absolute atomic E-state index is 13.1. The van der Waals surface area contributed by atoms with Crippen molar-refractivity contribution in [1.29, 1.82) is 0 Å². The van der Waals surface area contributed by atoms with Gasteiger partial charge in [-0.05, 0) is 43.2 Å². The molecule has 5 nitrogen and oxygen atoms in total. The van der Waals surface area contributed by atoms with Crippen LogP contribution in [0.2, 0.25) is 0 Å². The van der Waals surface area contributed by atoms with Crippen molar-refractivity contribution >= 4 is 16.8 Å². The predicted molar refractivity (Wildman–Crippen MR) is 91.7 cm³/mol. The molecule has 2 aromatic carbocycles. The molecule has 0 bridgehead atoms. The molecule has 0 fully saturated rings. The number of para-hydroxylation sites is 1. The number of hydrogen-bond donors (Lipinski definition) is 1. The number of fused-ring (bicyclic) bond motifs is 2. The zero-order valence-corrected chi connectivity index (χ0v) is 13.6. The fraction of sp³-hybridized carbons (Fsp3) is 0.211. The lowest BCUT2D eigenvalue weighted by atomic mass is 10.0. The smallest absolute Gasteiger partial charge is 0.262 e. The fourth-order valence-corrected chi connectivity index (χ4v) is 3.26. The van der Waals surface area contributed by atoms with Crippen molar-refractivity contribution in [2.45, 2.75) is 25.4 Å². The zero-order chi connectivity index (χ0) is 17.6. The Morgan fingerprint density at radius 1 is 1.12 bits per heavy atom. The summed E-state index contributed by atoms with van der Waals surface area (Å²) >= 11 is 0. The van der Waals surface area contributed by atoms with Gasteiger partial charge in [0, 0.05) is 0 Å². The summed E-state index contributed by atoms with van der Waals surface area (Å²) in [6.07, 6.45) is 0.434. The molecule has 0 unspecified atom stereocenters. The zero-order valence-electron chi connectivity index (χ0n) is 13.6. The summed E-state index contributed by atoms with van der Waals surface area (Å²) in [5, 5.41) is 3.42. The number of nitrogens with zero attached hydrogens (tertiary/aromatic N) is 2. The Morgan fingerprint density at radius 2 is 1.84 bits per heavy atom.